The van der Waals surface area contributed by atoms with Crippen LogP contribution in [-0.4, -0.2) is 32.7 Å². The van der Waals surface area contributed by atoms with Crippen LogP contribution in [0.3, 0.4) is 0 Å². The van der Waals surface area contributed by atoms with Gasteiger partial charge in [0, 0.05) is 30.9 Å². The van der Waals surface area contributed by atoms with Gasteiger partial charge in [-0.2, -0.15) is 0 Å². The molecule has 0 aliphatic carbocycles. The molecule has 1 saturated heterocycles. The summed E-state index contributed by atoms with van der Waals surface area (Å²) in [7, 11) is -3.26. The summed E-state index contributed by atoms with van der Waals surface area (Å²) in [5.74, 6) is -0.00806. The van der Waals surface area contributed by atoms with E-state index in [2.05, 4.69) is 10.6 Å². The van der Waals surface area contributed by atoms with Crippen molar-refractivity contribution in [2.45, 2.75) is 32.4 Å². The third kappa shape index (κ3) is 5.58. The fourth-order valence-corrected chi connectivity index (χ4v) is 5.83. The van der Waals surface area contributed by atoms with Crippen LogP contribution in [-0.2, 0) is 27.8 Å². The summed E-state index contributed by atoms with van der Waals surface area (Å²) in [5.41, 5.74) is 10.7. The summed E-state index contributed by atoms with van der Waals surface area (Å²) in [6.07, 6.45) is 1.13. The Balaban J connectivity index is 1.54. The van der Waals surface area contributed by atoms with Gasteiger partial charge in [0.2, 0.25) is 15.9 Å². The molecule has 1 atom stereocenters. The largest absolute Gasteiger partial charge is 0.373 e. The molecule has 1 unspecified atom stereocenters. The van der Waals surface area contributed by atoms with Gasteiger partial charge in [0.05, 0.1) is 11.4 Å². The van der Waals surface area contributed by atoms with Crippen molar-refractivity contribution in [3.63, 3.8) is 0 Å². The number of carbonyl (C=O) groups is 1. The van der Waals surface area contributed by atoms with E-state index in [0.717, 1.165) is 22.4 Å². The van der Waals surface area contributed by atoms with Crippen molar-refractivity contribution in [2.24, 2.45) is 5.73 Å². The zero-order chi connectivity index (χ0) is 24.1. The lowest BCUT2D eigenvalue weighted by molar-refractivity contribution is -0.116. The summed E-state index contributed by atoms with van der Waals surface area (Å²) in [5, 5.41) is 6.34. The minimum Gasteiger partial charge on any atom is -0.373 e. The van der Waals surface area contributed by atoms with E-state index >= 15 is 0 Å². The van der Waals surface area contributed by atoms with E-state index < -0.39 is 16.1 Å². The van der Waals surface area contributed by atoms with E-state index in [1.165, 1.54) is 4.31 Å². The van der Waals surface area contributed by atoms with Crippen LogP contribution in [0.2, 0.25) is 0 Å². The minimum atomic E-state index is -3.26. The van der Waals surface area contributed by atoms with Gasteiger partial charge in [0.15, 0.2) is 0 Å². The first-order valence-corrected chi connectivity index (χ1v) is 13.0. The topological polar surface area (TPSA) is 105 Å². The number of carbonyl (C=O) groups excluding carboxylic acids is 1. The summed E-state index contributed by atoms with van der Waals surface area (Å²) in [6, 6.07) is 22.4. The van der Waals surface area contributed by atoms with Crippen LogP contribution in [0.25, 0.3) is 0 Å². The molecule has 0 saturated carbocycles. The Kier molecular flexibility index (Phi) is 7.19. The van der Waals surface area contributed by atoms with E-state index in [1.807, 2.05) is 67.6 Å². The van der Waals surface area contributed by atoms with Crippen LogP contribution in [0, 0.1) is 6.92 Å². The predicted molar refractivity (Wildman–Crippen MR) is 137 cm³/mol. The number of sulfonamides is 1. The summed E-state index contributed by atoms with van der Waals surface area (Å²) in [6.45, 7) is 2.76. The molecule has 3 aromatic rings. The molecule has 4 rings (SSSR count). The molecule has 8 heteroatoms. The fourth-order valence-electron chi connectivity index (χ4n) is 4.20. The van der Waals surface area contributed by atoms with Crippen molar-refractivity contribution in [3.8, 4) is 0 Å². The number of nitrogens with two attached hydrogens (primary N) is 1. The van der Waals surface area contributed by atoms with Crippen LogP contribution in [0.5, 0.6) is 0 Å². The number of aryl methyl sites for hydroxylation is 1. The Labute approximate surface area is 201 Å². The standard InChI is InChI=1S/C26H30N4O3S/c1-19-15-23(11-12-25(19)30-13-6-14-34(30,32)33)29-26(31)24(17-20-7-3-2-4-8-20)28-22-10-5-9-21(16-22)18-27/h2-5,7-12,15-16,24,28H,6,13-14,17-18,27H2,1H3,(H,29,31). The molecule has 1 fully saturated rings. The number of nitrogens with one attached hydrogen (secondary N) is 2. The first-order chi connectivity index (χ1) is 16.4. The Morgan fingerprint density at radius 2 is 1.76 bits per heavy atom. The number of hydrogen-bond donors (Lipinski definition) is 3. The average Bonchev–Trinajstić information content (AvgIpc) is 3.18. The fraction of sp³-hybridized carbons (Fsp3) is 0.269. The van der Waals surface area contributed by atoms with Gasteiger partial charge in [-0.05, 0) is 60.4 Å². The highest BCUT2D eigenvalue weighted by Crippen LogP contribution is 2.29. The van der Waals surface area contributed by atoms with Gasteiger partial charge in [0.1, 0.15) is 6.04 Å². The molecule has 0 bridgehead atoms. The molecule has 34 heavy (non-hydrogen) atoms. The summed E-state index contributed by atoms with van der Waals surface area (Å²) < 4.78 is 26.1. The number of anilines is 3. The van der Waals surface area contributed by atoms with Crippen LogP contribution >= 0.6 is 0 Å². The molecule has 1 aliphatic rings. The van der Waals surface area contributed by atoms with Crippen molar-refractivity contribution in [3.05, 3.63) is 89.5 Å². The van der Waals surface area contributed by atoms with E-state index in [4.69, 9.17) is 5.73 Å². The molecule has 1 heterocycles. The Hall–Kier alpha value is -3.36. The molecule has 0 spiro atoms. The molecule has 4 N–H and O–H groups in total. The first kappa shape index (κ1) is 23.8. The second-order valence-electron chi connectivity index (χ2n) is 8.52. The van der Waals surface area contributed by atoms with Gasteiger partial charge < -0.3 is 16.4 Å². The summed E-state index contributed by atoms with van der Waals surface area (Å²) >= 11 is 0. The highest BCUT2D eigenvalue weighted by molar-refractivity contribution is 7.93. The van der Waals surface area contributed by atoms with Gasteiger partial charge in [-0.15, -0.1) is 0 Å². The monoisotopic (exact) mass is 478 g/mol. The van der Waals surface area contributed by atoms with E-state index in [-0.39, 0.29) is 11.7 Å². The number of hydrogen-bond acceptors (Lipinski definition) is 5. The number of amides is 1. The maximum absolute atomic E-state index is 13.3. The van der Waals surface area contributed by atoms with Crippen molar-refractivity contribution in [2.75, 3.05) is 27.2 Å². The SMILES string of the molecule is Cc1cc(NC(=O)C(Cc2ccccc2)Nc2cccc(CN)c2)ccc1N1CCCS1(=O)=O. The molecule has 3 aromatic carbocycles. The van der Waals surface area contributed by atoms with E-state index in [1.54, 1.807) is 12.1 Å². The van der Waals surface area contributed by atoms with Crippen molar-refractivity contribution in [1.82, 2.24) is 0 Å². The van der Waals surface area contributed by atoms with Gasteiger partial charge in [-0.3, -0.25) is 9.10 Å². The minimum absolute atomic E-state index is 0.170. The Morgan fingerprint density at radius 3 is 2.44 bits per heavy atom. The highest BCUT2D eigenvalue weighted by atomic mass is 32.2. The molecular formula is C26H30N4O3S. The molecule has 1 aliphatic heterocycles. The molecule has 7 nitrogen and oxygen atoms in total. The van der Waals surface area contributed by atoms with Crippen LogP contribution in [0.4, 0.5) is 17.1 Å². The van der Waals surface area contributed by atoms with E-state index in [0.29, 0.717) is 37.3 Å². The average molecular weight is 479 g/mol. The quantitative estimate of drug-likeness (QED) is 0.458. The van der Waals surface area contributed by atoms with Gasteiger partial charge in [-0.1, -0.05) is 42.5 Å². The Morgan fingerprint density at radius 1 is 1.00 bits per heavy atom. The third-order valence-electron chi connectivity index (χ3n) is 5.94. The lowest BCUT2D eigenvalue weighted by Gasteiger charge is -2.22. The number of rotatable bonds is 8. The normalized spacial score (nSPS) is 15.6. The van der Waals surface area contributed by atoms with Crippen LogP contribution in [0.1, 0.15) is 23.1 Å². The van der Waals surface area contributed by atoms with Gasteiger partial charge >= 0.3 is 0 Å². The second-order valence-corrected chi connectivity index (χ2v) is 10.5. The van der Waals surface area contributed by atoms with Gasteiger partial charge in [0.25, 0.3) is 0 Å². The van der Waals surface area contributed by atoms with Crippen molar-refractivity contribution in [1.29, 1.82) is 0 Å². The van der Waals surface area contributed by atoms with E-state index in [9.17, 15) is 13.2 Å². The van der Waals surface area contributed by atoms with Gasteiger partial charge in [-0.25, -0.2) is 8.42 Å². The van der Waals surface area contributed by atoms with Crippen molar-refractivity contribution < 1.29 is 13.2 Å². The lowest BCUT2D eigenvalue weighted by Crippen LogP contribution is -2.36. The maximum atomic E-state index is 13.3. The van der Waals surface area contributed by atoms with Crippen molar-refractivity contribution >= 4 is 33.0 Å². The molecule has 0 radical (unpaired) electrons. The molecular weight excluding hydrogens is 448 g/mol. The maximum Gasteiger partial charge on any atom is 0.247 e. The number of nitrogens with zero attached hydrogens (tertiary/aromatic N) is 1. The zero-order valence-corrected chi connectivity index (χ0v) is 20.0. The number of benzene rings is 3. The zero-order valence-electron chi connectivity index (χ0n) is 19.2. The second kappa shape index (κ2) is 10.3. The first-order valence-electron chi connectivity index (χ1n) is 11.4. The Bertz CT molecular complexity index is 1260. The van der Waals surface area contributed by atoms with Crippen LogP contribution in [0.15, 0.2) is 72.8 Å². The molecule has 0 aromatic heterocycles. The lowest BCUT2D eigenvalue weighted by atomic mass is 10.0. The van der Waals surface area contributed by atoms with Crippen LogP contribution < -0.4 is 20.7 Å². The third-order valence-corrected chi connectivity index (χ3v) is 7.79. The highest BCUT2D eigenvalue weighted by Gasteiger charge is 2.29. The summed E-state index contributed by atoms with van der Waals surface area (Å²) in [4.78, 5) is 13.3. The predicted octanol–water partition coefficient (Wildman–Crippen LogP) is 3.66. The molecule has 1 amide bonds. The smallest absolute Gasteiger partial charge is 0.247 e. The molecule has 178 valence electrons.